The number of hydrogen-bond donors (Lipinski definition) is 1. The lowest BCUT2D eigenvalue weighted by Gasteiger charge is -2.20. The van der Waals surface area contributed by atoms with Crippen LogP contribution in [0.5, 0.6) is 0 Å². The first kappa shape index (κ1) is 11.1. The molecule has 1 aromatic rings. The van der Waals surface area contributed by atoms with Crippen LogP contribution >= 0.6 is 0 Å². The summed E-state index contributed by atoms with van der Waals surface area (Å²) in [5, 5.41) is 0. The molecule has 0 unspecified atom stereocenters. The fourth-order valence-corrected chi connectivity index (χ4v) is 3.18. The van der Waals surface area contributed by atoms with Gasteiger partial charge in [0.25, 0.3) is 0 Å². The van der Waals surface area contributed by atoms with E-state index in [0.717, 1.165) is 12.2 Å². The summed E-state index contributed by atoms with van der Waals surface area (Å²) in [5.41, 5.74) is 7.57. The smallest absolute Gasteiger partial charge is 0.127 e. The number of hydrogen-bond acceptors (Lipinski definition) is 2. The third-order valence-corrected chi connectivity index (χ3v) is 4.27. The molecule has 1 aromatic heterocycles. The number of imidazole rings is 1. The van der Waals surface area contributed by atoms with E-state index in [1.165, 1.54) is 56.5 Å². The number of nitrogens with zero attached hydrogens (tertiary/aromatic N) is 2. The zero-order chi connectivity index (χ0) is 11.8. The molecule has 0 spiro atoms. The summed E-state index contributed by atoms with van der Waals surface area (Å²) in [6, 6.07) is 0.662. The third-order valence-electron chi connectivity index (χ3n) is 4.27. The number of nitrogen functional groups attached to an aromatic ring is 1. The molecule has 2 N–H and O–H groups in total. The lowest BCUT2D eigenvalue weighted by atomic mass is 9.87. The maximum atomic E-state index is 6.35. The summed E-state index contributed by atoms with van der Waals surface area (Å²) < 4.78 is 2.32. The first-order valence-corrected chi connectivity index (χ1v) is 7.17. The van der Waals surface area contributed by atoms with Gasteiger partial charge in [0, 0.05) is 18.4 Å². The van der Waals surface area contributed by atoms with Gasteiger partial charge in [-0.25, -0.2) is 4.98 Å². The first-order valence-electron chi connectivity index (χ1n) is 7.17. The molecule has 2 fully saturated rings. The zero-order valence-electron chi connectivity index (χ0n) is 10.8. The summed E-state index contributed by atoms with van der Waals surface area (Å²) in [5.74, 6) is 2.83. The van der Waals surface area contributed by atoms with E-state index in [2.05, 4.69) is 11.5 Å². The number of aryl methyl sites for hydroxylation is 1. The Morgan fingerprint density at radius 3 is 2.47 bits per heavy atom. The second kappa shape index (κ2) is 4.35. The molecule has 3 heteroatoms. The van der Waals surface area contributed by atoms with Crippen LogP contribution in [0.1, 0.15) is 75.3 Å². The highest BCUT2D eigenvalue weighted by molar-refractivity contribution is 5.42. The molecule has 0 saturated heterocycles. The molecular weight excluding hydrogens is 210 g/mol. The fourth-order valence-electron chi connectivity index (χ4n) is 3.18. The van der Waals surface area contributed by atoms with Gasteiger partial charge >= 0.3 is 0 Å². The lowest BCUT2D eigenvalue weighted by Crippen LogP contribution is -2.09. The summed E-state index contributed by atoms with van der Waals surface area (Å²) in [7, 11) is 0. The molecule has 94 valence electrons. The predicted molar refractivity (Wildman–Crippen MR) is 70.1 cm³/mol. The standard InChI is InChI=1S/C14H23N3/c1-2-12-16-13(10-6-4-3-5-7-10)14(15)17(12)11-8-9-11/h10-11H,2-9,15H2,1H3. The Bertz CT molecular complexity index is 398. The fraction of sp³-hybridized carbons (Fsp3) is 0.786. The minimum Gasteiger partial charge on any atom is -0.384 e. The van der Waals surface area contributed by atoms with Gasteiger partial charge in [0.15, 0.2) is 0 Å². The molecule has 0 aromatic carbocycles. The average molecular weight is 233 g/mol. The van der Waals surface area contributed by atoms with E-state index in [1.54, 1.807) is 0 Å². The van der Waals surface area contributed by atoms with Gasteiger partial charge < -0.3 is 10.3 Å². The molecule has 2 saturated carbocycles. The van der Waals surface area contributed by atoms with Crippen molar-refractivity contribution >= 4 is 5.82 Å². The highest BCUT2D eigenvalue weighted by atomic mass is 15.2. The predicted octanol–water partition coefficient (Wildman–Crippen LogP) is 3.41. The van der Waals surface area contributed by atoms with Gasteiger partial charge in [-0.1, -0.05) is 26.2 Å². The van der Waals surface area contributed by atoms with Crippen LogP contribution in [0.4, 0.5) is 5.82 Å². The molecule has 0 amide bonds. The van der Waals surface area contributed by atoms with Crippen LogP contribution in [-0.2, 0) is 6.42 Å². The molecule has 0 bridgehead atoms. The first-order chi connectivity index (χ1) is 8.31. The Morgan fingerprint density at radius 2 is 1.88 bits per heavy atom. The van der Waals surface area contributed by atoms with Crippen LogP contribution < -0.4 is 5.73 Å². The van der Waals surface area contributed by atoms with Crippen molar-refractivity contribution < 1.29 is 0 Å². The molecule has 17 heavy (non-hydrogen) atoms. The Hall–Kier alpha value is -0.990. The molecule has 1 heterocycles. The van der Waals surface area contributed by atoms with Gasteiger partial charge in [-0.2, -0.15) is 0 Å². The molecule has 2 aliphatic rings. The van der Waals surface area contributed by atoms with Crippen molar-refractivity contribution in [2.75, 3.05) is 5.73 Å². The van der Waals surface area contributed by atoms with Crippen molar-refractivity contribution in [3.05, 3.63) is 11.5 Å². The van der Waals surface area contributed by atoms with E-state index in [1.807, 2.05) is 0 Å². The summed E-state index contributed by atoms with van der Waals surface area (Å²) in [6.45, 7) is 2.19. The van der Waals surface area contributed by atoms with Crippen LogP contribution in [0.2, 0.25) is 0 Å². The monoisotopic (exact) mass is 233 g/mol. The van der Waals surface area contributed by atoms with Crippen molar-refractivity contribution in [2.45, 2.75) is 70.3 Å². The summed E-state index contributed by atoms with van der Waals surface area (Å²) in [6.07, 6.45) is 10.2. The van der Waals surface area contributed by atoms with Crippen LogP contribution in [-0.4, -0.2) is 9.55 Å². The van der Waals surface area contributed by atoms with Gasteiger partial charge in [-0.3, -0.25) is 0 Å². The molecule has 3 nitrogen and oxygen atoms in total. The van der Waals surface area contributed by atoms with Crippen LogP contribution in [0.25, 0.3) is 0 Å². The topological polar surface area (TPSA) is 43.8 Å². The Balaban J connectivity index is 1.93. The van der Waals surface area contributed by atoms with Crippen LogP contribution in [0.3, 0.4) is 0 Å². The average Bonchev–Trinajstić information content (AvgIpc) is 3.14. The van der Waals surface area contributed by atoms with Gasteiger partial charge in [0.05, 0.1) is 5.69 Å². The van der Waals surface area contributed by atoms with E-state index >= 15 is 0 Å². The molecular formula is C14H23N3. The van der Waals surface area contributed by atoms with E-state index < -0.39 is 0 Å². The maximum absolute atomic E-state index is 6.35. The third kappa shape index (κ3) is 1.96. The highest BCUT2D eigenvalue weighted by Gasteiger charge is 2.31. The Morgan fingerprint density at radius 1 is 1.18 bits per heavy atom. The van der Waals surface area contributed by atoms with E-state index in [-0.39, 0.29) is 0 Å². The number of anilines is 1. The summed E-state index contributed by atoms with van der Waals surface area (Å²) >= 11 is 0. The van der Waals surface area contributed by atoms with E-state index in [0.29, 0.717) is 12.0 Å². The van der Waals surface area contributed by atoms with Crippen molar-refractivity contribution in [1.82, 2.24) is 9.55 Å². The highest BCUT2D eigenvalue weighted by Crippen LogP contribution is 2.42. The van der Waals surface area contributed by atoms with Crippen molar-refractivity contribution in [3.8, 4) is 0 Å². The zero-order valence-corrected chi connectivity index (χ0v) is 10.8. The molecule has 0 radical (unpaired) electrons. The van der Waals surface area contributed by atoms with Gasteiger partial charge in [-0.15, -0.1) is 0 Å². The molecule has 3 rings (SSSR count). The number of nitrogens with two attached hydrogens (primary N) is 1. The van der Waals surface area contributed by atoms with Crippen LogP contribution in [0, 0.1) is 0 Å². The number of rotatable bonds is 3. The number of aromatic nitrogens is 2. The molecule has 0 atom stereocenters. The van der Waals surface area contributed by atoms with E-state index in [9.17, 15) is 0 Å². The summed E-state index contributed by atoms with van der Waals surface area (Å²) in [4.78, 5) is 4.85. The van der Waals surface area contributed by atoms with Gasteiger partial charge in [0.2, 0.25) is 0 Å². The SMILES string of the molecule is CCc1nc(C2CCCCC2)c(N)n1C1CC1. The van der Waals surface area contributed by atoms with Gasteiger partial charge in [-0.05, 0) is 25.7 Å². The maximum Gasteiger partial charge on any atom is 0.127 e. The Labute approximate surface area is 103 Å². The quantitative estimate of drug-likeness (QED) is 0.869. The second-order valence-electron chi connectivity index (χ2n) is 5.59. The molecule has 0 aliphatic heterocycles. The minimum absolute atomic E-state index is 0.633. The van der Waals surface area contributed by atoms with Crippen molar-refractivity contribution in [3.63, 3.8) is 0 Å². The van der Waals surface area contributed by atoms with Crippen LogP contribution in [0.15, 0.2) is 0 Å². The second-order valence-corrected chi connectivity index (χ2v) is 5.59. The largest absolute Gasteiger partial charge is 0.384 e. The van der Waals surface area contributed by atoms with Crippen molar-refractivity contribution in [1.29, 1.82) is 0 Å². The Kier molecular flexibility index (Phi) is 2.85. The minimum atomic E-state index is 0.633. The lowest BCUT2D eigenvalue weighted by molar-refractivity contribution is 0.438. The van der Waals surface area contributed by atoms with E-state index in [4.69, 9.17) is 10.7 Å². The van der Waals surface area contributed by atoms with Crippen molar-refractivity contribution in [2.24, 2.45) is 0 Å². The molecule has 2 aliphatic carbocycles. The van der Waals surface area contributed by atoms with Gasteiger partial charge in [0.1, 0.15) is 11.6 Å². The normalized spacial score (nSPS) is 21.9.